The van der Waals surface area contributed by atoms with Crippen LogP contribution >= 0.6 is 0 Å². The summed E-state index contributed by atoms with van der Waals surface area (Å²) in [6, 6.07) is 8.46. The topological polar surface area (TPSA) is 104 Å². The Morgan fingerprint density at radius 2 is 1.95 bits per heavy atom. The van der Waals surface area contributed by atoms with Crippen LogP contribution < -0.4 is 10.5 Å². The Labute approximate surface area is 121 Å². The lowest BCUT2D eigenvalue weighted by Crippen LogP contribution is -2.42. The maximum atomic E-state index is 12.0. The van der Waals surface area contributed by atoms with Crippen molar-refractivity contribution in [3.63, 3.8) is 0 Å². The van der Waals surface area contributed by atoms with Crippen LogP contribution in [0.25, 0.3) is 0 Å². The number of carbonyl (C=O) groups is 2. The van der Waals surface area contributed by atoms with Crippen LogP contribution in [0.5, 0.6) is 0 Å². The highest BCUT2D eigenvalue weighted by Crippen LogP contribution is 2.12. The van der Waals surface area contributed by atoms with E-state index in [1.54, 1.807) is 30.3 Å². The minimum Gasteiger partial charge on any atom is -0.588 e. The van der Waals surface area contributed by atoms with E-state index in [2.05, 4.69) is 4.72 Å². The van der Waals surface area contributed by atoms with Gasteiger partial charge < -0.3 is 15.0 Å². The molecule has 1 unspecified atom stereocenters. The molecule has 0 aromatic heterocycles. The molecule has 7 heteroatoms. The predicted octanol–water partition coefficient (Wildman–Crippen LogP) is 1.34. The summed E-state index contributed by atoms with van der Waals surface area (Å²) in [5.41, 5.74) is 4.93. The maximum absolute atomic E-state index is 12.0. The number of rotatable bonds is 6. The summed E-state index contributed by atoms with van der Waals surface area (Å²) in [5, 5.41) is 0. The van der Waals surface area contributed by atoms with Crippen molar-refractivity contribution in [1.29, 1.82) is 0 Å². The summed E-state index contributed by atoms with van der Waals surface area (Å²) in [4.78, 5) is 23.2. The Kier molecular flexibility index (Phi) is 6.33. The molecule has 1 aromatic rings. The van der Waals surface area contributed by atoms with Gasteiger partial charge in [-0.05, 0) is 24.5 Å². The third-order valence-corrected chi connectivity index (χ3v) is 3.47. The number of benzene rings is 1. The highest BCUT2D eigenvalue weighted by atomic mass is 32.2. The van der Waals surface area contributed by atoms with Gasteiger partial charge in [0.25, 0.3) is 0 Å². The van der Waals surface area contributed by atoms with Crippen molar-refractivity contribution in [2.75, 3.05) is 0 Å². The monoisotopic (exact) mass is 298 g/mol. The Hall–Kier alpha value is -1.73. The normalized spacial score (nSPS) is 13.6. The molecule has 110 valence electrons. The van der Waals surface area contributed by atoms with Crippen molar-refractivity contribution in [3.05, 3.63) is 30.3 Å². The number of amides is 2. The zero-order valence-electron chi connectivity index (χ0n) is 11.4. The van der Waals surface area contributed by atoms with Crippen LogP contribution in [-0.2, 0) is 20.9 Å². The van der Waals surface area contributed by atoms with E-state index in [0.29, 0.717) is 11.3 Å². The molecule has 0 aliphatic rings. The van der Waals surface area contributed by atoms with E-state index < -0.39 is 29.5 Å². The number of hydrogen-bond acceptors (Lipinski definition) is 4. The third-order valence-electron chi connectivity index (χ3n) is 2.39. The number of carbonyl (C=O) groups excluding carboxylic acids is 2. The summed E-state index contributed by atoms with van der Waals surface area (Å²) >= 11 is -1.70. The average Bonchev–Trinajstić information content (AvgIpc) is 2.37. The molecule has 6 nitrogen and oxygen atoms in total. The van der Waals surface area contributed by atoms with Crippen molar-refractivity contribution in [1.82, 2.24) is 4.72 Å². The van der Waals surface area contributed by atoms with E-state index in [0.717, 1.165) is 0 Å². The summed E-state index contributed by atoms with van der Waals surface area (Å²) in [6.07, 6.45) is -1.77. The lowest BCUT2D eigenvalue weighted by atomic mass is 10.1. The third kappa shape index (κ3) is 5.50. The van der Waals surface area contributed by atoms with Crippen molar-refractivity contribution < 1.29 is 18.9 Å². The van der Waals surface area contributed by atoms with Gasteiger partial charge in [0.2, 0.25) is 0 Å². The van der Waals surface area contributed by atoms with Crippen LogP contribution in [0.3, 0.4) is 0 Å². The van der Waals surface area contributed by atoms with Crippen LogP contribution in [-0.4, -0.2) is 22.7 Å². The first-order chi connectivity index (χ1) is 9.40. The fourth-order valence-electron chi connectivity index (χ4n) is 1.54. The van der Waals surface area contributed by atoms with Crippen LogP contribution in [0, 0.1) is 5.92 Å². The largest absolute Gasteiger partial charge is 0.588 e. The molecule has 0 spiro atoms. The molecular weight excluding hydrogens is 280 g/mol. The molecule has 1 aromatic carbocycles. The summed E-state index contributed by atoms with van der Waals surface area (Å²) in [6.45, 7) is 3.75. The van der Waals surface area contributed by atoms with Crippen molar-refractivity contribution >= 4 is 23.4 Å². The second-order valence-corrected chi connectivity index (χ2v) is 5.82. The van der Waals surface area contributed by atoms with E-state index in [1.807, 2.05) is 13.8 Å². The number of primary amides is 1. The molecule has 0 aliphatic carbocycles. The molecule has 0 fully saturated rings. The van der Waals surface area contributed by atoms with Gasteiger partial charge in [-0.25, -0.2) is 4.79 Å². The highest BCUT2D eigenvalue weighted by molar-refractivity contribution is 7.90. The molecule has 20 heavy (non-hydrogen) atoms. The number of nitrogens with two attached hydrogens (primary N) is 1. The molecule has 2 atom stereocenters. The van der Waals surface area contributed by atoms with Crippen molar-refractivity contribution in [2.45, 2.75) is 31.3 Å². The summed E-state index contributed by atoms with van der Waals surface area (Å²) < 4.78 is 19.0. The minimum absolute atomic E-state index is 0.121. The van der Waals surface area contributed by atoms with Gasteiger partial charge in [0.05, 0.1) is 0 Å². The van der Waals surface area contributed by atoms with Gasteiger partial charge in [-0.15, -0.1) is 0 Å². The Bertz CT molecular complexity index is 453. The molecule has 0 radical (unpaired) electrons. The molecule has 3 N–H and O–H groups in total. The predicted molar refractivity (Wildman–Crippen MR) is 74.9 cm³/mol. The molecule has 0 heterocycles. The molecule has 0 bridgehead atoms. The van der Waals surface area contributed by atoms with Gasteiger partial charge in [0.1, 0.15) is 11.4 Å². The Morgan fingerprint density at radius 1 is 1.35 bits per heavy atom. The molecule has 1 rings (SSSR count). The van der Waals surface area contributed by atoms with Gasteiger partial charge in [-0.2, -0.15) is 4.72 Å². The van der Waals surface area contributed by atoms with Gasteiger partial charge in [-0.1, -0.05) is 32.0 Å². The van der Waals surface area contributed by atoms with E-state index in [4.69, 9.17) is 10.5 Å². The molecule has 0 aliphatic heterocycles. The first-order valence-electron chi connectivity index (χ1n) is 6.13. The van der Waals surface area contributed by atoms with Crippen LogP contribution in [0.15, 0.2) is 35.2 Å². The van der Waals surface area contributed by atoms with Crippen LogP contribution in [0.4, 0.5) is 4.79 Å². The minimum atomic E-state index is -1.70. The molecule has 0 saturated heterocycles. The number of ether oxygens (including phenoxy) is 1. The fraction of sp³-hybridized carbons (Fsp3) is 0.385. The van der Waals surface area contributed by atoms with Crippen LogP contribution in [0.2, 0.25) is 0 Å². The lowest BCUT2D eigenvalue weighted by Gasteiger charge is -2.18. The van der Waals surface area contributed by atoms with E-state index >= 15 is 0 Å². The number of hydrogen-bond donors (Lipinski definition) is 2. The first-order valence-corrected chi connectivity index (χ1v) is 7.28. The van der Waals surface area contributed by atoms with E-state index in [1.165, 1.54) is 0 Å². The summed E-state index contributed by atoms with van der Waals surface area (Å²) in [7, 11) is 0. The zero-order valence-corrected chi connectivity index (χ0v) is 12.2. The van der Waals surface area contributed by atoms with Crippen LogP contribution in [0.1, 0.15) is 20.3 Å². The standard InChI is InChI=1S/C13H18N2O4S/c1-9(2)8-11(19-13(14)17)12(16)15-20(18)10-6-4-3-5-7-10/h3-7,9,11H,8H2,1-2H3,(H2,14,17)(H,15,16)/t11?,20-/m1/s1. The second-order valence-electron chi connectivity index (χ2n) is 4.60. The lowest BCUT2D eigenvalue weighted by molar-refractivity contribution is -0.128. The quantitative estimate of drug-likeness (QED) is 0.773. The van der Waals surface area contributed by atoms with Gasteiger partial charge in [0.15, 0.2) is 11.0 Å². The van der Waals surface area contributed by atoms with Gasteiger partial charge in [-0.3, -0.25) is 4.79 Å². The maximum Gasteiger partial charge on any atom is 0.405 e. The van der Waals surface area contributed by atoms with E-state index in [9.17, 15) is 14.1 Å². The average molecular weight is 298 g/mol. The molecular formula is C13H18N2O4S. The second kappa shape index (κ2) is 7.76. The Balaban J connectivity index is 2.67. The van der Waals surface area contributed by atoms with Crippen molar-refractivity contribution in [2.24, 2.45) is 11.7 Å². The first kappa shape index (κ1) is 16.3. The SMILES string of the molecule is CC(C)CC(OC(N)=O)C(=O)N[S@+]([O-])c1ccccc1. The van der Waals surface area contributed by atoms with E-state index in [-0.39, 0.29) is 5.92 Å². The Morgan fingerprint density at radius 3 is 2.45 bits per heavy atom. The smallest absolute Gasteiger partial charge is 0.405 e. The fourth-order valence-corrected chi connectivity index (χ4v) is 2.37. The summed E-state index contributed by atoms with van der Waals surface area (Å²) in [5.74, 6) is -0.505. The van der Waals surface area contributed by atoms with Gasteiger partial charge >= 0.3 is 12.0 Å². The molecule has 2 amide bonds. The number of nitrogens with one attached hydrogen (secondary N) is 1. The zero-order chi connectivity index (χ0) is 15.1. The molecule has 0 saturated carbocycles. The van der Waals surface area contributed by atoms with Crippen molar-refractivity contribution in [3.8, 4) is 0 Å². The van der Waals surface area contributed by atoms with Gasteiger partial charge in [0, 0.05) is 0 Å². The highest BCUT2D eigenvalue weighted by Gasteiger charge is 2.27.